The third-order valence-electron chi connectivity index (χ3n) is 2.87. The lowest BCUT2D eigenvalue weighted by atomic mass is 10.1. The lowest BCUT2D eigenvalue weighted by Gasteiger charge is -2.00. The maximum atomic E-state index is 11.8. The van der Waals surface area contributed by atoms with Crippen molar-refractivity contribution in [3.8, 4) is 17.3 Å². The first-order valence-corrected chi connectivity index (χ1v) is 7.87. The number of nitrogens with zero attached hydrogens (tertiary/aromatic N) is 2. The van der Waals surface area contributed by atoms with Gasteiger partial charge in [0.2, 0.25) is 5.91 Å². The van der Waals surface area contributed by atoms with E-state index in [1.807, 2.05) is 6.07 Å². The van der Waals surface area contributed by atoms with Gasteiger partial charge in [-0.25, -0.2) is 4.98 Å². The van der Waals surface area contributed by atoms with Crippen LogP contribution in [0.2, 0.25) is 5.02 Å². The summed E-state index contributed by atoms with van der Waals surface area (Å²) in [6.07, 6.45) is 0.265. The Balaban J connectivity index is 2.12. The van der Waals surface area contributed by atoms with E-state index in [1.165, 1.54) is 0 Å². The van der Waals surface area contributed by atoms with Crippen molar-refractivity contribution in [3.05, 3.63) is 34.2 Å². The smallest absolute Gasteiger partial charge is 0.303 e. The van der Waals surface area contributed by atoms with Crippen LogP contribution in [-0.2, 0) is 9.59 Å². The number of hydrogen-bond donors (Lipinski definition) is 2. The standard InChI is InChI=1S/C15H12ClN3O3S/c16-10-4-1-3-9(7-10)14-11(8-17)23-15(19-14)18-12(20)5-2-6-13(21)22/h1,3-4,7H,2,5-6H2,(H,21,22)(H,18,19,20). The molecule has 0 atom stereocenters. The Morgan fingerprint density at radius 3 is 2.83 bits per heavy atom. The van der Waals surface area contributed by atoms with Gasteiger partial charge in [0.15, 0.2) is 5.13 Å². The van der Waals surface area contributed by atoms with Gasteiger partial charge in [0, 0.05) is 23.4 Å². The maximum absolute atomic E-state index is 11.8. The van der Waals surface area contributed by atoms with Crippen molar-refractivity contribution < 1.29 is 14.7 Å². The van der Waals surface area contributed by atoms with E-state index in [9.17, 15) is 14.9 Å². The molecular weight excluding hydrogens is 338 g/mol. The van der Waals surface area contributed by atoms with Gasteiger partial charge in [0.05, 0.1) is 0 Å². The lowest BCUT2D eigenvalue weighted by Crippen LogP contribution is -2.11. The van der Waals surface area contributed by atoms with Crippen LogP contribution in [0.25, 0.3) is 11.3 Å². The highest BCUT2D eigenvalue weighted by Gasteiger charge is 2.15. The van der Waals surface area contributed by atoms with Crippen molar-refractivity contribution in [3.63, 3.8) is 0 Å². The first-order valence-electron chi connectivity index (χ1n) is 6.68. The summed E-state index contributed by atoms with van der Waals surface area (Å²) in [5.41, 5.74) is 1.15. The number of nitrogens with one attached hydrogen (secondary N) is 1. The minimum Gasteiger partial charge on any atom is -0.481 e. The summed E-state index contributed by atoms with van der Waals surface area (Å²) in [7, 11) is 0. The lowest BCUT2D eigenvalue weighted by molar-refractivity contribution is -0.137. The average Bonchev–Trinajstić information content (AvgIpc) is 2.89. The fraction of sp³-hybridized carbons (Fsp3) is 0.200. The molecule has 0 radical (unpaired) electrons. The Bertz CT molecular complexity index is 783. The molecule has 0 saturated carbocycles. The molecule has 0 bridgehead atoms. The molecular formula is C15H12ClN3O3S. The second-order valence-electron chi connectivity index (χ2n) is 4.61. The van der Waals surface area contributed by atoms with Crippen LogP contribution in [0.15, 0.2) is 24.3 Å². The summed E-state index contributed by atoms with van der Waals surface area (Å²) in [5, 5.41) is 21.2. The van der Waals surface area contributed by atoms with Gasteiger partial charge in [0.1, 0.15) is 16.6 Å². The van der Waals surface area contributed by atoms with Gasteiger partial charge in [-0.3, -0.25) is 9.59 Å². The second-order valence-corrected chi connectivity index (χ2v) is 6.05. The molecule has 2 rings (SSSR count). The number of nitriles is 1. The van der Waals surface area contributed by atoms with E-state index in [2.05, 4.69) is 10.3 Å². The van der Waals surface area contributed by atoms with E-state index in [-0.39, 0.29) is 25.2 Å². The summed E-state index contributed by atoms with van der Waals surface area (Å²) in [4.78, 5) is 26.8. The summed E-state index contributed by atoms with van der Waals surface area (Å²) >= 11 is 7.00. The number of hydrogen-bond acceptors (Lipinski definition) is 5. The van der Waals surface area contributed by atoms with Crippen molar-refractivity contribution in [2.75, 3.05) is 5.32 Å². The molecule has 1 aromatic heterocycles. The molecule has 8 heteroatoms. The van der Waals surface area contributed by atoms with Crippen LogP contribution in [0.3, 0.4) is 0 Å². The number of aliphatic carboxylic acids is 1. The first kappa shape index (κ1) is 16.9. The fourth-order valence-corrected chi connectivity index (χ4v) is 2.85. The number of thiazole rings is 1. The molecule has 1 heterocycles. The Morgan fingerprint density at radius 1 is 1.39 bits per heavy atom. The van der Waals surface area contributed by atoms with E-state index in [0.29, 0.717) is 26.3 Å². The average molecular weight is 350 g/mol. The highest BCUT2D eigenvalue weighted by atomic mass is 35.5. The molecule has 0 saturated heterocycles. The third kappa shape index (κ3) is 4.77. The van der Waals surface area contributed by atoms with Crippen molar-refractivity contribution in [2.24, 2.45) is 0 Å². The number of carboxylic acid groups (broad SMARTS) is 1. The number of benzene rings is 1. The molecule has 0 spiro atoms. The van der Waals surface area contributed by atoms with Gasteiger partial charge in [-0.15, -0.1) is 0 Å². The zero-order chi connectivity index (χ0) is 16.8. The minimum absolute atomic E-state index is 0.0670. The van der Waals surface area contributed by atoms with Gasteiger partial charge in [-0.1, -0.05) is 35.1 Å². The van der Waals surface area contributed by atoms with Crippen LogP contribution in [0.5, 0.6) is 0 Å². The zero-order valence-corrected chi connectivity index (χ0v) is 13.4. The monoisotopic (exact) mass is 349 g/mol. The molecule has 2 N–H and O–H groups in total. The van der Waals surface area contributed by atoms with Crippen LogP contribution >= 0.6 is 22.9 Å². The molecule has 6 nitrogen and oxygen atoms in total. The highest BCUT2D eigenvalue weighted by Crippen LogP contribution is 2.31. The number of carbonyl (C=O) groups excluding carboxylic acids is 1. The van der Waals surface area contributed by atoms with Crippen molar-refractivity contribution in [1.29, 1.82) is 5.26 Å². The summed E-state index contributed by atoms with van der Waals surface area (Å²) < 4.78 is 0. The molecule has 1 aromatic carbocycles. The molecule has 1 amide bonds. The minimum atomic E-state index is -0.943. The summed E-state index contributed by atoms with van der Waals surface area (Å²) in [5.74, 6) is -1.27. The van der Waals surface area contributed by atoms with E-state index < -0.39 is 5.97 Å². The predicted octanol–water partition coefficient (Wildman–Crippen LogP) is 3.53. The molecule has 0 fully saturated rings. The number of aromatic nitrogens is 1. The second kappa shape index (κ2) is 7.72. The van der Waals surface area contributed by atoms with E-state index in [1.54, 1.807) is 24.3 Å². The van der Waals surface area contributed by atoms with Crippen LogP contribution in [0, 0.1) is 11.3 Å². The number of anilines is 1. The van der Waals surface area contributed by atoms with Crippen LogP contribution in [0.4, 0.5) is 5.13 Å². The molecule has 0 aliphatic rings. The zero-order valence-electron chi connectivity index (χ0n) is 11.9. The quantitative estimate of drug-likeness (QED) is 0.830. The molecule has 0 aliphatic carbocycles. The van der Waals surface area contributed by atoms with Crippen LogP contribution in [-0.4, -0.2) is 22.0 Å². The number of carbonyl (C=O) groups is 2. The Hall–Kier alpha value is -2.43. The normalized spacial score (nSPS) is 10.1. The van der Waals surface area contributed by atoms with E-state index in [0.717, 1.165) is 11.3 Å². The Kier molecular flexibility index (Phi) is 5.68. The fourth-order valence-electron chi connectivity index (χ4n) is 1.86. The third-order valence-corrected chi connectivity index (χ3v) is 3.98. The predicted molar refractivity (Wildman–Crippen MR) is 87.4 cm³/mol. The molecule has 23 heavy (non-hydrogen) atoms. The van der Waals surface area contributed by atoms with Gasteiger partial charge in [0.25, 0.3) is 0 Å². The number of halogens is 1. The van der Waals surface area contributed by atoms with Crippen LogP contribution in [0.1, 0.15) is 24.1 Å². The van der Waals surface area contributed by atoms with E-state index in [4.69, 9.17) is 16.7 Å². The van der Waals surface area contributed by atoms with Crippen LogP contribution < -0.4 is 5.32 Å². The first-order chi connectivity index (χ1) is 11.0. The highest BCUT2D eigenvalue weighted by molar-refractivity contribution is 7.16. The number of rotatable bonds is 6. The SMILES string of the molecule is N#Cc1sc(NC(=O)CCCC(=O)O)nc1-c1cccc(Cl)c1. The Morgan fingerprint density at radius 2 is 2.17 bits per heavy atom. The number of carboxylic acids is 1. The largest absolute Gasteiger partial charge is 0.481 e. The summed E-state index contributed by atoms with van der Waals surface area (Å²) in [6.45, 7) is 0. The van der Waals surface area contributed by atoms with Gasteiger partial charge in [-0.2, -0.15) is 5.26 Å². The summed E-state index contributed by atoms with van der Waals surface area (Å²) in [6, 6.07) is 8.99. The van der Waals surface area contributed by atoms with Gasteiger partial charge < -0.3 is 10.4 Å². The Labute approximate surface area is 141 Å². The molecule has 118 valence electrons. The van der Waals surface area contributed by atoms with Crippen molar-refractivity contribution in [2.45, 2.75) is 19.3 Å². The van der Waals surface area contributed by atoms with Crippen molar-refractivity contribution in [1.82, 2.24) is 4.98 Å². The maximum Gasteiger partial charge on any atom is 0.303 e. The topological polar surface area (TPSA) is 103 Å². The van der Waals surface area contributed by atoms with Gasteiger partial charge >= 0.3 is 5.97 Å². The molecule has 0 unspecified atom stereocenters. The number of amides is 1. The van der Waals surface area contributed by atoms with Gasteiger partial charge in [-0.05, 0) is 18.6 Å². The molecule has 2 aromatic rings. The van der Waals surface area contributed by atoms with Crippen molar-refractivity contribution >= 4 is 39.9 Å². The van der Waals surface area contributed by atoms with E-state index >= 15 is 0 Å². The molecule has 0 aliphatic heterocycles.